The average molecular weight is 442 g/mol. The molecule has 2 atom stereocenters. The lowest BCUT2D eigenvalue weighted by molar-refractivity contribution is 0.0788. The third-order valence-electron chi connectivity index (χ3n) is 6.32. The van der Waals surface area contributed by atoms with Crippen molar-refractivity contribution < 1.29 is 17.6 Å². The van der Waals surface area contributed by atoms with E-state index in [9.17, 15) is 17.6 Å². The summed E-state index contributed by atoms with van der Waals surface area (Å²) < 4.78 is 42.5. The number of carbonyl (C=O) groups excluding carboxylic acids is 1. The standard InChI is InChI=1S/C20H28FN3O3S2/c1-28-19-14-24(13-18(19)22-8-2-3-9-22)29(26,27)15-6-7-16(17(21)12-15)20(25)23-10-4-5-11-23/h6-7,12,18-19H,2-5,8-11,13-14H2,1H3. The SMILES string of the molecule is CSC1CN(S(=O)(=O)c2ccc(C(=O)N3CCCC3)c(F)c2)CC1N1CCCC1. The minimum absolute atomic E-state index is 0.0517. The second-order valence-electron chi connectivity index (χ2n) is 8.05. The van der Waals surface area contributed by atoms with Gasteiger partial charge in [-0.05, 0) is 63.2 Å². The summed E-state index contributed by atoms with van der Waals surface area (Å²) in [5.74, 6) is -1.12. The molecule has 29 heavy (non-hydrogen) atoms. The van der Waals surface area contributed by atoms with Crippen molar-refractivity contribution in [2.75, 3.05) is 45.5 Å². The van der Waals surface area contributed by atoms with E-state index in [4.69, 9.17) is 0 Å². The number of rotatable bonds is 5. The number of sulfonamides is 1. The maximum Gasteiger partial charge on any atom is 0.256 e. The second kappa shape index (κ2) is 8.53. The summed E-state index contributed by atoms with van der Waals surface area (Å²) in [5, 5.41) is 0.212. The highest BCUT2D eigenvalue weighted by molar-refractivity contribution is 7.99. The highest BCUT2D eigenvalue weighted by Gasteiger charge is 2.42. The molecule has 3 heterocycles. The van der Waals surface area contributed by atoms with Gasteiger partial charge >= 0.3 is 0 Å². The Kier molecular flexibility index (Phi) is 6.20. The average Bonchev–Trinajstić information content (AvgIpc) is 3.48. The maximum absolute atomic E-state index is 14.7. The summed E-state index contributed by atoms with van der Waals surface area (Å²) in [6.07, 6.45) is 6.17. The minimum atomic E-state index is -3.80. The molecule has 3 fully saturated rings. The lowest BCUT2D eigenvalue weighted by atomic mass is 10.2. The van der Waals surface area contributed by atoms with Crippen molar-refractivity contribution in [2.45, 2.75) is 41.9 Å². The lowest BCUT2D eigenvalue weighted by Crippen LogP contribution is -2.40. The Morgan fingerprint density at radius 1 is 1.07 bits per heavy atom. The molecule has 1 amide bonds. The molecule has 3 saturated heterocycles. The maximum atomic E-state index is 14.7. The normalized spacial score (nSPS) is 26.5. The van der Waals surface area contributed by atoms with Crippen LogP contribution in [0.5, 0.6) is 0 Å². The largest absolute Gasteiger partial charge is 0.339 e. The predicted octanol–water partition coefficient (Wildman–Crippen LogP) is 2.26. The lowest BCUT2D eigenvalue weighted by Gasteiger charge is -2.27. The molecule has 0 spiro atoms. The third-order valence-corrected chi connectivity index (χ3v) is 9.21. The van der Waals surface area contributed by atoms with E-state index in [0.29, 0.717) is 26.2 Å². The van der Waals surface area contributed by atoms with Crippen molar-refractivity contribution >= 4 is 27.7 Å². The van der Waals surface area contributed by atoms with Crippen molar-refractivity contribution in [3.05, 3.63) is 29.6 Å². The Hall–Kier alpha value is -1.16. The van der Waals surface area contributed by atoms with Crippen LogP contribution >= 0.6 is 11.8 Å². The summed E-state index contributed by atoms with van der Waals surface area (Å²) in [4.78, 5) is 16.4. The summed E-state index contributed by atoms with van der Waals surface area (Å²) in [6.45, 7) is 4.14. The summed E-state index contributed by atoms with van der Waals surface area (Å²) >= 11 is 1.69. The fourth-order valence-electron chi connectivity index (χ4n) is 4.64. The molecule has 0 saturated carbocycles. The van der Waals surface area contributed by atoms with E-state index in [1.165, 1.54) is 16.4 Å². The van der Waals surface area contributed by atoms with Crippen molar-refractivity contribution in [1.29, 1.82) is 0 Å². The number of thioether (sulfide) groups is 1. The summed E-state index contributed by atoms with van der Waals surface area (Å²) in [7, 11) is -3.80. The van der Waals surface area contributed by atoms with E-state index in [1.807, 2.05) is 6.26 Å². The highest BCUT2D eigenvalue weighted by Crippen LogP contribution is 2.32. The Bertz CT molecular complexity index is 868. The van der Waals surface area contributed by atoms with Crippen molar-refractivity contribution in [1.82, 2.24) is 14.1 Å². The first-order valence-corrected chi connectivity index (χ1v) is 13.0. The molecule has 0 bridgehead atoms. The van der Waals surface area contributed by atoms with Crippen LogP contribution in [0.25, 0.3) is 0 Å². The van der Waals surface area contributed by atoms with Gasteiger partial charge in [0.2, 0.25) is 10.0 Å². The smallest absolute Gasteiger partial charge is 0.256 e. The fourth-order valence-corrected chi connectivity index (χ4v) is 7.14. The monoisotopic (exact) mass is 441 g/mol. The number of benzene rings is 1. The van der Waals surface area contributed by atoms with Gasteiger partial charge in [-0.25, -0.2) is 12.8 Å². The van der Waals surface area contributed by atoms with Crippen LogP contribution in [0.2, 0.25) is 0 Å². The molecule has 1 aromatic carbocycles. The van der Waals surface area contributed by atoms with E-state index in [2.05, 4.69) is 4.90 Å². The molecule has 0 aromatic heterocycles. The van der Waals surface area contributed by atoms with Crippen LogP contribution in [-0.4, -0.2) is 85.2 Å². The van der Waals surface area contributed by atoms with E-state index in [-0.39, 0.29) is 27.7 Å². The number of halogens is 1. The predicted molar refractivity (Wildman–Crippen MR) is 112 cm³/mol. The zero-order chi connectivity index (χ0) is 20.6. The Labute approximate surface area is 176 Å². The van der Waals surface area contributed by atoms with E-state index >= 15 is 0 Å². The van der Waals surface area contributed by atoms with Gasteiger partial charge < -0.3 is 4.90 Å². The number of nitrogens with zero attached hydrogens (tertiary/aromatic N) is 3. The van der Waals surface area contributed by atoms with Crippen LogP contribution in [0.1, 0.15) is 36.0 Å². The molecule has 1 aromatic rings. The number of hydrogen-bond acceptors (Lipinski definition) is 5. The molecular formula is C20H28FN3O3S2. The van der Waals surface area contributed by atoms with Gasteiger partial charge in [-0.3, -0.25) is 9.69 Å². The first kappa shape index (κ1) is 21.1. The fraction of sp³-hybridized carbons (Fsp3) is 0.650. The van der Waals surface area contributed by atoms with Crippen LogP contribution < -0.4 is 0 Å². The Balaban J connectivity index is 1.54. The van der Waals surface area contributed by atoms with Crippen LogP contribution in [0, 0.1) is 5.82 Å². The molecule has 3 aliphatic rings. The van der Waals surface area contributed by atoms with Crippen molar-refractivity contribution in [2.24, 2.45) is 0 Å². The first-order chi connectivity index (χ1) is 13.9. The van der Waals surface area contributed by atoms with Gasteiger partial charge in [0, 0.05) is 37.5 Å². The van der Waals surface area contributed by atoms with Gasteiger partial charge in [-0.2, -0.15) is 16.1 Å². The third kappa shape index (κ3) is 4.06. The molecule has 9 heteroatoms. The molecule has 0 N–H and O–H groups in total. The van der Waals surface area contributed by atoms with E-state index in [1.54, 1.807) is 16.7 Å². The molecule has 4 rings (SSSR count). The van der Waals surface area contributed by atoms with Gasteiger partial charge in [-0.15, -0.1) is 0 Å². The number of hydrogen-bond donors (Lipinski definition) is 0. The topological polar surface area (TPSA) is 60.9 Å². The first-order valence-electron chi connectivity index (χ1n) is 10.3. The van der Waals surface area contributed by atoms with E-state index in [0.717, 1.165) is 44.8 Å². The quantitative estimate of drug-likeness (QED) is 0.702. The van der Waals surface area contributed by atoms with Gasteiger partial charge in [0.05, 0.1) is 10.5 Å². The van der Waals surface area contributed by atoms with Crippen LogP contribution in [0.15, 0.2) is 23.1 Å². The van der Waals surface area contributed by atoms with Gasteiger partial charge in [0.15, 0.2) is 0 Å². The number of likely N-dealkylation sites (tertiary alicyclic amines) is 2. The summed E-state index contributed by atoms with van der Waals surface area (Å²) in [5.41, 5.74) is -0.0517. The molecular weight excluding hydrogens is 413 g/mol. The van der Waals surface area contributed by atoms with E-state index < -0.39 is 15.8 Å². The minimum Gasteiger partial charge on any atom is -0.339 e. The van der Waals surface area contributed by atoms with Crippen molar-refractivity contribution in [3.8, 4) is 0 Å². The summed E-state index contributed by atoms with van der Waals surface area (Å²) in [6, 6.07) is 3.90. The molecule has 6 nitrogen and oxygen atoms in total. The molecule has 0 radical (unpaired) electrons. The zero-order valence-electron chi connectivity index (χ0n) is 16.7. The van der Waals surface area contributed by atoms with Gasteiger partial charge in [0.1, 0.15) is 5.82 Å². The number of carbonyl (C=O) groups is 1. The molecule has 160 valence electrons. The molecule has 0 aliphatic carbocycles. The van der Waals surface area contributed by atoms with Crippen LogP contribution in [0.3, 0.4) is 0 Å². The Morgan fingerprint density at radius 2 is 1.72 bits per heavy atom. The highest BCUT2D eigenvalue weighted by atomic mass is 32.2. The zero-order valence-corrected chi connectivity index (χ0v) is 18.4. The van der Waals surface area contributed by atoms with Gasteiger partial charge in [-0.1, -0.05) is 0 Å². The van der Waals surface area contributed by atoms with Crippen molar-refractivity contribution in [3.63, 3.8) is 0 Å². The Morgan fingerprint density at radius 3 is 2.34 bits per heavy atom. The number of amides is 1. The van der Waals surface area contributed by atoms with Crippen LogP contribution in [0.4, 0.5) is 4.39 Å². The molecule has 2 unspecified atom stereocenters. The molecule has 3 aliphatic heterocycles. The van der Waals surface area contributed by atoms with Crippen LogP contribution in [-0.2, 0) is 10.0 Å². The van der Waals surface area contributed by atoms with Gasteiger partial charge in [0.25, 0.3) is 5.91 Å². The second-order valence-corrected chi connectivity index (χ2v) is 11.1.